The molecule has 0 radical (unpaired) electrons. The number of nitrogens with one attached hydrogen (secondary N) is 3. The number of aryl methyl sites for hydroxylation is 1. The van der Waals surface area contributed by atoms with Crippen molar-refractivity contribution >= 4 is 39.2 Å². The van der Waals surface area contributed by atoms with Crippen LogP contribution in [0, 0.1) is 6.92 Å². The third kappa shape index (κ3) is 3.66. The molecule has 0 spiro atoms. The summed E-state index contributed by atoms with van der Waals surface area (Å²) in [5.41, 5.74) is 3.23. The van der Waals surface area contributed by atoms with Crippen LogP contribution in [0.5, 0.6) is 5.75 Å². The highest BCUT2D eigenvalue weighted by molar-refractivity contribution is 7.18. The number of urea groups is 1. The van der Waals surface area contributed by atoms with Crippen LogP contribution in [0.1, 0.15) is 23.5 Å². The van der Waals surface area contributed by atoms with Crippen molar-refractivity contribution < 1.29 is 14.3 Å². The topological polar surface area (TPSA) is 92.4 Å². The van der Waals surface area contributed by atoms with Gasteiger partial charge in [0.25, 0.3) is 5.91 Å². The molecule has 2 aromatic carbocycles. The van der Waals surface area contributed by atoms with Crippen LogP contribution in [0.15, 0.2) is 53.7 Å². The minimum Gasteiger partial charge on any atom is -0.495 e. The predicted octanol–water partition coefficient (Wildman–Crippen LogP) is 3.88. The maximum absolute atomic E-state index is 13.2. The number of carbonyl (C=O) groups excluding carboxylic acids is 2. The molecule has 3 aromatic rings. The quantitative estimate of drug-likeness (QED) is 0.611. The molecule has 148 valence electrons. The summed E-state index contributed by atoms with van der Waals surface area (Å²) >= 11 is 1.58. The number of carbonyl (C=O) groups is 2. The van der Waals surface area contributed by atoms with Gasteiger partial charge in [0.15, 0.2) is 0 Å². The maximum Gasteiger partial charge on any atom is 0.319 e. The van der Waals surface area contributed by atoms with Crippen molar-refractivity contribution in [3.8, 4) is 5.75 Å². The number of thiazole rings is 1. The van der Waals surface area contributed by atoms with Gasteiger partial charge in [0.2, 0.25) is 0 Å². The van der Waals surface area contributed by atoms with Gasteiger partial charge in [-0.1, -0.05) is 18.2 Å². The van der Waals surface area contributed by atoms with E-state index in [4.69, 9.17) is 4.74 Å². The lowest BCUT2D eigenvalue weighted by molar-refractivity contribution is -0.113. The smallest absolute Gasteiger partial charge is 0.319 e. The molecule has 0 saturated heterocycles. The molecule has 4 rings (SSSR count). The second kappa shape index (κ2) is 7.56. The van der Waals surface area contributed by atoms with E-state index in [-0.39, 0.29) is 11.9 Å². The van der Waals surface area contributed by atoms with E-state index in [0.29, 0.717) is 22.7 Å². The fraction of sp³-hybridized carbons (Fsp3) is 0.190. The maximum atomic E-state index is 13.2. The van der Waals surface area contributed by atoms with E-state index in [1.165, 1.54) is 0 Å². The van der Waals surface area contributed by atoms with Crippen molar-refractivity contribution in [2.45, 2.75) is 19.9 Å². The molecule has 7 nitrogen and oxygen atoms in total. The van der Waals surface area contributed by atoms with Gasteiger partial charge in [0, 0.05) is 5.70 Å². The van der Waals surface area contributed by atoms with Gasteiger partial charge in [-0.05, 0) is 43.7 Å². The summed E-state index contributed by atoms with van der Waals surface area (Å²) in [6.07, 6.45) is 0. The Bertz CT molecular complexity index is 1150. The molecule has 1 unspecified atom stereocenters. The molecule has 0 bridgehead atoms. The number of aromatic nitrogens is 1. The number of methoxy groups -OCH3 is 1. The van der Waals surface area contributed by atoms with Crippen LogP contribution in [0.2, 0.25) is 0 Å². The average molecular weight is 408 g/mol. The summed E-state index contributed by atoms with van der Waals surface area (Å²) in [5, 5.41) is 9.42. The zero-order valence-electron chi connectivity index (χ0n) is 16.2. The number of allylic oxidation sites excluding steroid dienone is 1. The Labute approximate surface area is 171 Å². The second-order valence-electron chi connectivity index (χ2n) is 6.68. The molecule has 3 amide bonds. The van der Waals surface area contributed by atoms with Crippen molar-refractivity contribution in [2.75, 3.05) is 12.4 Å². The van der Waals surface area contributed by atoms with E-state index < -0.39 is 6.04 Å². The standard InChI is InChI=1S/C21H20N4O3S/c1-11-18(20(26)24-14-6-4-5-7-16(14)28-3)19(25-21(27)22-11)13-8-9-15-17(10-13)29-12(2)23-15/h4-10,19H,1-3H3,(H,24,26)(H2,22,25,27). The summed E-state index contributed by atoms with van der Waals surface area (Å²) in [6, 6.07) is 12.0. The van der Waals surface area contributed by atoms with Crippen LogP contribution in [0.25, 0.3) is 10.2 Å². The molecule has 1 atom stereocenters. The van der Waals surface area contributed by atoms with Crippen LogP contribution >= 0.6 is 11.3 Å². The second-order valence-corrected chi connectivity index (χ2v) is 7.92. The van der Waals surface area contributed by atoms with Gasteiger partial charge in [0.1, 0.15) is 5.75 Å². The Balaban J connectivity index is 1.72. The Morgan fingerprint density at radius 2 is 2.00 bits per heavy atom. The van der Waals surface area contributed by atoms with Crippen LogP contribution in [-0.4, -0.2) is 24.0 Å². The zero-order chi connectivity index (χ0) is 20.5. The number of nitrogens with zero attached hydrogens (tertiary/aromatic N) is 1. The molecule has 1 aliphatic rings. The monoisotopic (exact) mass is 408 g/mol. The number of fused-ring (bicyclic) bond motifs is 1. The van der Waals surface area contributed by atoms with Crippen molar-refractivity contribution in [1.82, 2.24) is 15.6 Å². The van der Waals surface area contributed by atoms with Crippen LogP contribution in [-0.2, 0) is 4.79 Å². The molecule has 0 aliphatic carbocycles. The molecule has 1 aromatic heterocycles. The minimum absolute atomic E-state index is 0.315. The Kier molecular flexibility index (Phi) is 4.94. The Morgan fingerprint density at radius 3 is 2.79 bits per heavy atom. The lowest BCUT2D eigenvalue weighted by atomic mass is 9.94. The van der Waals surface area contributed by atoms with Crippen molar-refractivity contribution in [2.24, 2.45) is 0 Å². The third-order valence-corrected chi connectivity index (χ3v) is 5.66. The number of amides is 3. The number of hydrogen-bond acceptors (Lipinski definition) is 5. The summed E-state index contributed by atoms with van der Waals surface area (Å²) in [7, 11) is 1.55. The van der Waals surface area contributed by atoms with E-state index >= 15 is 0 Å². The van der Waals surface area contributed by atoms with Crippen molar-refractivity contribution in [3.05, 3.63) is 64.3 Å². The van der Waals surface area contributed by atoms with E-state index in [1.54, 1.807) is 37.5 Å². The summed E-state index contributed by atoms with van der Waals surface area (Å²) in [6.45, 7) is 3.67. The SMILES string of the molecule is COc1ccccc1NC(=O)C1=C(C)NC(=O)NC1c1ccc2nc(C)sc2c1. The zero-order valence-corrected chi connectivity index (χ0v) is 17.0. The van der Waals surface area contributed by atoms with E-state index in [9.17, 15) is 9.59 Å². The first-order valence-corrected chi connectivity index (χ1v) is 9.87. The number of hydrogen-bond donors (Lipinski definition) is 3. The molecule has 2 heterocycles. The van der Waals surface area contributed by atoms with Crippen LogP contribution < -0.4 is 20.7 Å². The first-order chi connectivity index (χ1) is 14.0. The summed E-state index contributed by atoms with van der Waals surface area (Å²) < 4.78 is 6.33. The van der Waals surface area contributed by atoms with Crippen LogP contribution in [0.3, 0.4) is 0 Å². The normalized spacial score (nSPS) is 16.4. The highest BCUT2D eigenvalue weighted by Gasteiger charge is 2.31. The van der Waals surface area contributed by atoms with Gasteiger partial charge in [0.05, 0.1) is 39.6 Å². The Hall–Kier alpha value is -3.39. The first kappa shape index (κ1) is 18.9. The molecular weight excluding hydrogens is 388 g/mol. The van der Waals surface area contributed by atoms with Crippen molar-refractivity contribution in [1.29, 1.82) is 0 Å². The molecule has 8 heteroatoms. The van der Waals surface area contributed by atoms with Gasteiger partial charge in [-0.2, -0.15) is 0 Å². The van der Waals surface area contributed by atoms with Crippen LogP contribution in [0.4, 0.5) is 10.5 Å². The fourth-order valence-electron chi connectivity index (χ4n) is 3.42. The molecule has 0 fully saturated rings. The van der Waals surface area contributed by atoms with Gasteiger partial charge in [-0.3, -0.25) is 4.79 Å². The number of para-hydroxylation sites is 2. The van der Waals surface area contributed by atoms with Gasteiger partial charge >= 0.3 is 6.03 Å². The molecule has 1 aliphatic heterocycles. The Morgan fingerprint density at radius 1 is 1.21 bits per heavy atom. The third-order valence-electron chi connectivity index (χ3n) is 4.72. The first-order valence-electron chi connectivity index (χ1n) is 9.06. The van der Waals surface area contributed by atoms with Gasteiger partial charge in [-0.15, -0.1) is 11.3 Å². The van der Waals surface area contributed by atoms with E-state index in [2.05, 4.69) is 20.9 Å². The summed E-state index contributed by atoms with van der Waals surface area (Å²) in [4.78, 5) is 29.8. The number of rotatable bonds is 4. The van der Waals surface area contributed by atoms with E-state index in [0.717, 1.165) is 20.8 Å². The average Bonchev–Trinajstić information content (AvgIpc) is 3.06. The molecule has 3 N–H and O–H groups in total. The van der Waals surface area contributed by atoms with Gasteiger partial charge < -0.3 is 20.7 Å². The fourth-order valence-corrected chi connectivity index (χ4v) is 4.29. The highest BCUT2D eigenvalue weighted by Crippen LogP contribution is 2.32. The number of anilines is 1. The summed E-state index contributed by atoms with van der Waals surface area (Å²) in [5.74, 6) is 0.245. The van der Waals surface area contributed by atoms with Crippen molar-refractivity contribution in [3.63, 3.8) is 0 Å². The highest BCUT2D eigenvalue weighted by atomic mass is 32.1. The molecular formula is C21H20N4O3S. The molecule has 0 saturated carbocycles. The largest absolute Gasteiger partial charge is 0.495 e. The lowest BCUT2D eigenvalue weighted by Gasteiger charge is -2.28. The number of benzene rings is 2. The minimum atomic E-state index is -0.578. The van der Waals surface area contributed by atoms with E-state index in [1.807, 2.05) is 37.3 Å². The lowest BCUT2D eigenvalue weighted by Crippen LogP contribution is -2.45. The number of ether oxygens (including phenoxy) is 1. The van der Waals surface area contributed by atoms with Gasteiger partial charge in [-0.25, -0.2) is 9.78 Å². The predicted molar refractivity (Wildman–Crippen MR) is 113 cm³/mol. The molecule has 29 heavy (non-hydrogen) atoms.